The highest BCUT2D eigenvalue weighted by Crippen LogP contribution is 2.28. The number of amides is 2. The first-order chi connectivity index (χ1) is 11.3. The van der Waals surface area contributed by atoms with Crippen molar-refractivity contribution < 1.29 is 22.7 Å². The van der Waals surface area contributed by atoms with Gasteiger partial charge in [0.25, 0.3) is 5.24 Å². The average molecular weight is 373 g/mol. The van der Waals surface area contributed by atoms with Gasteiger partial charge >= 0.3 is 0 Å². The second-order valence-electron chi connectivity index (χ2n) is 5.23. The number of ether oxygens (including phenoxy) is 1. The van der Waals surface area contributed by atoms with Gasteiger partial charge in [-0.05, 0) is 18.2 Å². The molecular weight excluding hydrogens is 354 g/mol. The summed E-state index contributed by atoms with van der Waals surface area (Å²) in [4.78, 5) is 25.2. The van der Waals surface area contributed by atoms with Crippen LogP contribution in [-0.2, 0) is 14.8 Å². The fraction of sp³-hybridized carbons (Fsp3) is 0.429. The van der Waals surface area contributed by atoms with E-state index in [0.717, 1.165) is 4.31 Å². The molecule has 0 aromatic heterocycles. The largest absolute Gasteiger partial charge is 0.495 e. The Bertz CT molecular complexity index is 749. The van der Waals surface area contributed by atoms with Crippen LogP contribution in [0, 0.1) is 0 Å². The van der Waals surface area contributed by atoms with Crippen molar-refractivity contribution in [1.29, 1.82) is 0 Å². The molecule has 2 amide bonds. The molecule has 0 spiro atoms. The van der Waals surface area contributed by atoms with Gasteiger partial charge in [0.15, 0.2) is 0 Å². The molecule has 1 N–H and O–H groups in total. The first kappa shape index (κ1) is 18.6. The first-order valence-corrected chi connectivity index (χ1v) is 9.50. The highest BCUT2D eigenvalue weighted by atomic mass is 32.2. The van der Waals surface area contributed by atoms with Crippen LogP contribution in [0.25, 0.3) is 0 Å². The lowest BCUT2D eigenvalue weighted by molar-refractivity contribution is -0.116. The van der Waals surface area contributed by atoms with Gasteiger partial charge in [0, 0.05) is 26.4 Å². The minimum Gasteiger partial charge on any atom is -0.495 e. The zero-order valence-corrected chi connectivity index (χ0v) is 15.2. The number of carbonyl (C=O) groups is 2. The van der Waals surface area contributed by atoms with Crippen LogP contribution in [0.1, 0.15) is 0 Å². The van der Waals surface area contributed by atoms with Crippen molar-refractivity contribution in [2.24, 2.45) is 0 Å². The molecule has 0 saturated carbocycles. The van der Waals surface area contributed by atoms with E-state index >= 15 is 0 Å². The normalized spacial score (nSPS) is 15.0. The molecule has 1 aromatic rings. The van der Waals surface area contributed by atoms with E-state index in [2.05, 4.69) is 5.32 Å². The van der Waals surface area contributed by atoms with Crippen molar-refractivity contribution in [3.05, 3.63) is 18.2 Å². The van der Waals surface area contributed by atoms with E-state index in [1.807, 2.05) is 0 Å². The maximum Gasteiger partial charge on any atom is 0.282 e. The Labute approximate surface area is 145 Å². The van der Waals surface area contributed by atoms with Crippen LogP contribution in [0.3, 0.4) is 0 Å². The Balaban J connectivity index is 2.21. The topological polar surface area (TPSA) is 96.0 Å². The van der Waals surface area contributed by atoms with Gasteiger partial charge in [-0.3, -0.25) is 9.59 Å². The standard InChI is InChI=1S/C14H19N3O5S2/c1-16(2)24(20,21)10-4-5-12(22-3)11(8-10)15-13(18)9-17-6-7-23-14(17)19/h4-5,8H,6-7,9H2,1-3H3,(H,15,18). The van der Waals surface area contributed by atoms with Crippen molar-refractivity contribution in [3.63, 3.8) is 0 Å². The molecule has 0 bridgehead atoms. The van der Waals surface area contributed by atoms with Crippen LogP contribution < -0.4 is 10.1 Å². The fourth-order valence-corrected chi connectivity index (χ4v) is 3.84. The minimum absolute atomic E-state index is 0.0383. The number of carbonyl (C=O) groups excluding carboxylic acids is 2. The number of sulfonamides is 1. The molecule has 0 unspecified atom stereocenters. The van der Waals surface area contributed by atoms with E-state index < -0.39 is 15.9 Å². The molecule has 10 heteroatoms. The Morgan fingerprint density at radius 2 is 2.12 bits per heavy atom. The van der Waals surface area contributed by atoms with E-state index in [-0.39, 0.29) is 22.4 Å². The maximum atomic E-state index is 12.2. The summed E-state index contributed by atoms with van der Waals surface area (Å²) in [5.74, 6) is 0.582. The summed E-state index contributed by atoms with van der Waals surface area (Å²) >= 11 is 1.17. The summed E-state index contributed by atoms with van der Waals surface area (Å²) in [6.45, 7) is 0.433. The molecular formula is C14H19N3O5S2. The Hall–Kier alpha value is -1.78. The summed E-state index contributed by atoms with van der Waals surface area (Å²) in [6, 6.07) is 4.22. The number of benzene rings is 1. The van der Waals surface area contributed by atoms with Crippen LogP contribution in [0.15, 0.2) is 23.1 Å². The van der Waals surface area contributed by atoms with Gasteiger partial charge in [-0.2, -0.15) is 0 Å². The lowest BCUT2D eigenvalue weighted by Gasteiger charge is -2.17. The summed E-state index contributed by atoms with van der Waals surface area (Å²) in [5.41, 5.74) is 0.240. The molecule has 1 fully saturated rings. The molecule has 1 heterocycles. The molecule has 1 aliphatic rings. The summed E-state index contributed by atoms with van der Waals surface area (Å²) < 4.78 is 30.7. The molecule has 1 aromatic carbocycles. The predicted molar refractivity (Wildman–Crippen MR) is 91.9 cm³/mol. The number of hydrogen-bond acceptors (Lipinski definition) is 6. The Morgan fingerprint density at radius 3 is 2.67 bits per heavy atom. The zero-order valence-electron chi connectivity index (χ0n) is 13.6. The molecule has 0 radical (unpaired) electrons. The number of nitrogens with zero attached hydrogens (tertiary/aromatic N) is 2. The summed E-state index contributed by atoms with van der Waals surface area (Å²) in [7, 11) is 0.640. The molecule has 1 saturated heterocycles. The Morgan fingerprint density at radius 1 is 1.42 bits per heavy atom. The van der Waals surface area contributed by atoms with Crippen molar-refractivity contribution in [3.8, 4) is 5.75 Å². The molecule has 0 atom stereocenters. The maximum absolute atomic E-state index is 12.2. The number of rotatable bonds is 6. The summed E-state index contributed by atoms with van der Waals surface area (Å²) in [5, 5.41) is 2.47. The monoisotopic (exact) mass is 373 g/mol. The second kappa shape index (κ2) is 7.41. The van der Waals surface area contributed by atoms with Crippen molar-refractivity contribution >= 4 is 38.6 Å². The van der Waals surface area contributed by atoms with E-state index in [1.54, 1.807) is 0 Å². The van der Waals surface area contributed by atoms with Crippen LogP contribution in [0.5, 0.6) is 5.75 Å². The third kappa shape index (κ3) is 4.00. The van der Waals surface area contributed by atoms with Crippen molar-refractivity contribution in [2.75, 3.05) is 45.4 Å². The average Bonchev–Trinajstić information content (AvgIpc) is 2.92. The van der Waals surface area contributed by atoms with Crippen molar-refractivity contribution in [1.82, 2.24) is 9.21 Å². The number of hydrogen-bond donors (Lipinski definition) is 1. The van der Waals surface area contributed by atoms with E-state index in [1.165, 1.54) is 56.1 Å². The SMILES string of the molecule is COc1ccc(S(=O)(=O)N(C)C)cc1NC(=O)CN1CCSC1=O. The molecule has 132 valence electrons. The minimum atomic E-state index is -3.63. The highest BCUT2D eigenvalue weighted by Gasteiger charge is 2.24. The van der Waals surface area contributed by atoms with Gasteiger partial charge in [-0.25, -0.2) is 12.7 Å². The molecule has 24 heavy (non-hydrogen) atoms. The first-order valence-electron chi connectivity index (χ1n) is 7.08. The number of thioether (sulfide) groups is 1. The number of anilines is 1. The predicted octanol–water partition coefficient (Wildman–Crippen LogP) is 1.05. The Kier molecular flexibility index (Phi) is 5.73. The van der Waals surface area contributed by atoms with Gasteiger partial charge in [0.1, 0.15) is 12.3 Å². The molecule has 1 aliphatic heterocycles. The summed E-state index contributed by atoms with van der Waals surface area (Å²) in [6.07, 6.45) is 0. The van der Waals surface area contributed by atoms with Crippen LogP contribution in [0.4, 0.5) is 10.5 Å². The van der Waals surface area contributed by atoms with E-state index in [9.17, 15) is 18.0 Å². The van der Waals surface area contributed by atoms with E-state index in [0.29, 0.717) is 18.0 Å². The van der Waals surface area contributed by atoms with Gasteiger partial charge < -0.3 is 15.0 Å². The van der Waals surface area contributed by atoms with Gasteiger partial charge in [0.05, 0.1) is 17.7 Å². The van der Waals surface area contributed by atoms with Crippen LogP contribution in [0.2, 0.25) is 0 Å². The lowest BCUT2D eigenvalue weighted by Crippen LogP contribution is -2.33. The van der Waals surface area contributed by atoms with Crippen molar-refractivity contribution in [2.45, 2.75) is 4.90 Å². The van der Waals surface area contributed by atoms with E-state index in [4.69, 9.17) is 4.74 Å². The van der Waals surface area contributed by atoms with Gasteiger partial charge in [-0.15, -0.1) is 0 Å². The third-order valence-corrected chi connectivity index (χ3v) is 6.11. The lowest BCUT2D eigenvalue weighted by atomic mass is 10.3. The van der Waals surface area contributed by atoms with Gasteiger partial charge in [-0.1, -0.05) is 11.8 Å². The second-order valence-corrected chi connectivity index (χ2v) is 8.43. The quantitative estimate of drug-likeness (QED) is 0.801. The molecule has 0 aliphatic carbocycles. The van der Waals surface area contributed by atoms with Gasteiger partial charge in [0.2, 0.25) is 15.9 Å². The smallest absolute Gasteiger partial charge is 0.282 e. The highest BCUT2D eigenvalue weighted by molar-refractivity contribution is 8.13. The number of methoxy groups -OCH3 is 1. The third-order valence-electron chi connectivity index (χ3n) is 3.40. The zero-order chi connectivity index (χ0) is 17.9. The van der Waals surface area contributed by atoms with Crippen LogP contribution in [-0.4, -0.2) is 68.8 Å². The molecule has 8 nitrogen and oxygen atoms in total. The van der Waals surface area contributed by atoms with Crippen LogP contribution >= 0.6 is 11.8 Å². The fourth-order valence-electron chi connectivity index (χ4n) is 2.09. The molecule has 2 rings (SSSR count). The number of nitrogens with one attached hydrogen (secondary N) is 1.